The molecule has 164 valence electrons. The molecule has 2 aliphatic rings. The van der Waals surface area contributed by atoms with Crippen molar-refractivity contribution < 1.29 is 9.47 Å². The number of fused-ring (bicyclic) bond motifs is 3. The second-order valence-corrected chi connectivity index (χ2v) is 9.72. The van der Waals surface area contributed by atoms with Crippen molar-refractivity contribution in [1.82, 2.24) is 14.5 Å². The van der Waals surface area contributed by atoms with E-state index in [-0.39, 0.29) is 11.6 Å². The number of thiophene rings is 1. The van der Waals surface area contributed by atoms with Crippen LogP contribution in [0.4, 0.5) is 0 Å². The minimum atomic E-state index is 0.162. The number of aromatic nitrogens is 2. The Balaban J connectivity index is 1.62. The molecule has 0 unspecified atom stereocenters. The highest BCUT2D eigenvalue weighted by atomic mass is 32.1. The Kier molecular flexibility index (Phi) is 5.48. The highest BCUT2D eigenvalue weighted by molar-refractivity contribution is 7.18. The van der Waals surface area contributed by atoms with Gasteiger partial charge in [-0.1, -0.05) is 6.07 Å². The smallest absolute Gasteiger partial charge is 0.262 e. The number of likely N-dealkylation sites (tertiary alicyclic amines) is 1. The highest BCUT2D eigenvalue weighted by Gasteiger charge is 2.27. The maximum absolute atomic E-state index is 13.8. The Morgan fingerprint density at radius 2 is 1.90 bits per heavy atom. The standard InChI is InChI=1S/C24H29N3O3S/c1-26-11-9-16(10-12-26)27-21(14-15-7-8-18(29-2)19(13-15)30-3)25-23-22(24(27)28)17-5-4-6-20(17)31-23/h7-8,13,16H,4-6,9-12,14H2,1-3H3. The number of ether oxygens (including phenoxy) is 2. The van der Waals surface area contributed by atoms with Crippen LogP contribution in [0.15, 0.2) is 23.0 Å². The summed E-state index contributed by atoms with van der Waals surface area (Å²) in [5.74, 6) is 2.26. The number of nitrogens with zero attached hydrogens (tertiary/aromatic N) is 3. The fourth-order valence-electron chi connectivity index (χ4n) is 5.03. The highest BCUT2D eigenvalue weighted by Crippen LogP contribution is 2.36. The molecule has 3 heterocycles. The van der Waals surface area contributed by atoms with Gasteiger partial charge in [0.05, 0.1) is 19.6 Å². The molecule has 0 bridgehead atoms. The van der Waals surface area contributed by atoms with E-state index in [4.69, 9.17) is 14.5 Å². The Labute approximate surface area is 186 Å². The van der Waals surface area contributed by atoms with Crippen LogP contribution >= 0.6 is 11.3 Å². The lowest BCUT2D eigenvalue weighted by Crippen LogP contribution is -2.37. The molecule has 1 aliphatic heterocycles. The number of hydrogen-bond donors (Lipinski definition) is 0. The summed E-state index contributed by atoms with van der Waals surface area (Å²) in [5, 5.41) is 0.882. The maximum atomic E-state index is 13.8. The van der Waals surface area contributed by atoms with E-state index >= 15 is 0 Å². The largest absolute Gasteiger partial charge is 0.493 e. The molecule has 1 aliphatic carbocycles. The predicted octanol–water partition coefficient (Wildman–Crippen LogP) is 3.82. The van der Waals surface area contributed by atoms with Crippen molar-refractivity contribution in [1.29, 1.82) is 0 Å². The van der Waals surface area contributed by atoms with E-state index in [1.165, 1.54) is 10.4 Å². The molecule has 1 saturated heterocycles. The summed E-state index contributed by atoms with van der Waals surface area (Å²) in [6.45, 7) is 2.01. The summed E-state index contributed by atoms with van der Waals surface area (Å²) in [6.07, 6.45) is 5.80. The van der Waals surface area contributed by atoms with Crippen molar-refractivity contribution in [3.63, 3.8) is 0 Å². The first-order chi connectivity index (χ1) is 15.1. The van der Waals surface area contributed by atoms with Crippen molar-refractivity contribution in [3.05, 3.63) is 50.4 Å². The minimum Gasteiger partial charge on any atom is -0.493 e. The lowest BCUT2D eigenvalue weighted by atomic mass is 10.0. The van der Waals surface area contributed by atoms with Crippen LogP contribution in [0.2, 0.25) is 0 Å². The van der Waals surface area contributed by atoms with Gasteiger partial charge >= 0.3 is 0 Å². The molecule has 7 heteroatoms. The van der Waals surface area contributed by atoms with E-state index in [1.54, 1.807) is 25.6 Å². The normalized spacial score (nSPS) is 17.3. The minimum absolute atomic E-state index is 0.162. The van der Waals surface area contributed by atoms with E-state index in [2.05, 4.69) is 11.9 Å². The molecule has 2 aromatic heterocycles. The molecule has 0 saturated carbocycles. The lowest BCUT2D eigenvalue weighted by Gasteiger charge is -2.31. The first kappa shape index (κ1) is 20.5. The number of aryl methyl sites for hydroxylation is 2. The van der Waals surface area contributed by atoms with E-state index in [9.17, 15) is 4.79 Å². The van der Waals surface area contributed by atoms with Gasteiger partial charge in [-0.05, 0) is 75.5 Å². The van der Waals surface area contributed by atoms with Gasteiger partial charge in [0.1, 0.15) is 10.7 Å². The molecule has 0 amide bonds. The van der Waals surface area contributed by atoms with Gasteiger partial charge < -0.3 is 14.4 Å². The molecule has 1 fully saturated rings. The third kappa shape index (κ3) is 3.64. The molecule has 6 nitrogen and oxygen atoms in total. The van der Waals surface area contributed by atoms with E-state index in [1.807, 2.05) is 22.8 Å². The SMILES string of the molecule is COc1ccc(Cc2nc3sc4c(c3c(=O)n2C2CCN(C)CC2)CCC4)cc1OC. The molecular formula is C24H29N3O3S. The molecule has 1 aromatic carbocycles. The number of rotatable bonds is 5. The van der Waals surface area contributed by atoms with E-state index in [0.29, 0.717) is 17.9 Å². The van der Waals surface area contributed by atoms with Crippen LogP contribution < -0.4 is 15.0 Å². The van der Waals surface area contributed by atoms with E-state index < -0.39 is 0 Å². The van der Waals surface area contributed by atoms with Crippen LogP contribution in [-0.2, 0) is 19.3 Å². The van der Waals surface area contributed by atoms with Crippen LogP contribution in [0.5, 0.6) is 11.5 Å². The van der Waals surface area contributed by atoms with Crippen molar-refractivity contribution in [2.75, 3.05) is 34.4 Å². The summed E-state index contributed by atoms with van der Waals surface area (Å²) in [6, 6.07) is 6.14. The summed E-state index contributed by atoms with van der Waals surface area (Å²) >= 11 is 1.72. The number of hydrogen-bond acceptors (Lipinski definition) is 6. The van der Waals surface area contributed by atoms with Crippen molar-refractivity contribution in [3.8, 4) is 11.5 Å². The molecule has 0 radical (unpaired) electrons. The summed E-state index contributed by atoms with van der Waals surface area (Å²) in [4.78, 5) is 23.5. The monoisotopic (exact) mass is 439 g/mol. The molecule has 31 heavy (non-hydrogen) atoms. The van der Waals surface area contributed by atoms with Crippen molar-refractivity contribution in [2.24, 2.45) is 0 Å². The molecule has 0 atom stereocenters. The van der Waals surface area contributed by atoms with Gasteiger partial charge in [-0.3, -0.25) is 9.36 Å². The van der Waals surface area contributed by atoms with Gasteiger partial charge in [-0.25, -0.2) is 4.98 Å². The predicted molar refractivity (Wildman–Crippen MR) is 124 cm³/mol. The van der Waals surface area contributed by atoms with Gasteiger partial charge in [0.2, 0.25) is 0 Å². The average Bonchev–Trinajstić information content (AvgIpc) is 3.36. The van der Waals surface area contributed by atoms with Crippen LogP contribution in [0.25, 0.3) is 10.2 Å². The van der Waals surface area contributed by atoms with Crippen LogP contribution in [0, 0.1) is 0 Å². The van der Waals surface area contributed by atoms with Crippen molar-refractivity contribution in [2.45, 2.75) is 44.6 Å². The lowest BCUT2D eigenvalue weighted by molar-refractivity contribution is 0.216. The van der Waals surface area contributed by atoms with Gasteiger partial charge in [-0.15, -0.1) is 11.3 Å². The van der Waals surface area contributed by atoms with Crippen LogP contribution in [-0.4, -0.2) is 48.8 Å². The molecule has 3 aromatic rings. The molecule has 0 N–H and O–H groups in total. The Morgan fingerprint density at radius 3 is 2.65 bits per heavy atom. The zero-order valence-corrected chi connectivity index (χ0v) is 19.3. The van der Waals surface area contributed by atoms with Gasteiger partial charge in [0.15, 0.2) is 11.5 Å². The summed E-state index contributed by atoms with van der Waals surface area (Å²) in [7, 11) is 5.44. The third-order valence-electron chi connectivity index (χ3n) is 6.71. The number of benzene rings is 1. The number of methoxy groups -OCH3 is 2. The second kappa shape index (κ2) is 8.28. The third-order valence-corrected chi connectivity index (χ3v) is 7.89. The Hall–Kier alpha value is -2.38. The van der Waals surface area contributed by atoms with Crippen LogP contribution in [0.1, 0.15) is 47.1 Å². The maximum Gasteiger partial charge on any atom is 0.262 e. The first-order valence-electron chi connectivity index (χ1n) is 11.0. The Bertz CT molecular complexity index is 1180. The van der Waals surface area contributed by atoms with E-state index in [0.717, 1.165) is 66.8 Å². The fourth-order valence-corrected chi connectivity index (χ4v) is 6.30. The summed E-state index contributed by atoms with van der Waals surface area (Å²) < 4.78 is 12.9. The topological polar surface area (TPSA) is 56.6 Å². The van der Waals surface area contributed by atoms with Crippen LogP contribution in [0.3, 0.4) is 0 Å². The van der Waals surface area contributed by atoms with Gasteiger partial charge in [-0.2, -0.15) is 0 Å². The zero-order valence-electron chi connectivity index (χ0n) is 18.4. The summed E-state index contributed by atoms with van der Waals surface area (Å²) in [5.41, 5.74) is 2.49. The second-order valence-electron chi connectivity index (χ2n) is 8.64. The molecule has 0 spiro atoms. The van der Waals surface area contributed by atoms with Gasteiger partial charge in [0.25, 0.3) is 5.56 Å². The Morgan fingerprint density at radius 1 is 1.13 bits per heavy atom. The molecular weight excluding hydrogens is 410 g/mol. The zero-order chi connectivity index (χ0) is 21.5. The fraction of sp³-hybridized carbons (Fsp3) is 0.500. The quantitative estimate of drug-likeness (QED) is 0.605. The average molecular weight is 440 g/mol. The first-order valence-corrected chi connectivity index (χ1v) is 11.9. The number of piperidine rings is 1. The van der Waals surface area contributed by atoms with Gasteiger partial charge in [0, 0.05) is 17.3 Å². The molecule has 5 rings (SSSR count). The van der Waals surface area contributed by atoms with Crippen molar-refractivity contribution >= 4 is 21.6 Å².